The fourth-order valence-electron chi connectivity index (χ4n) is 5.82. The molecule has 206 valence electrons. The molecule has 0 aliphatic carbocycles. The molecule has 0 spiro atoms. The molecule has 0 fully saturated rings. The standard InChI is InChI=1S/C31H29NO8/c1-34-21-8-7-15(9-22(21)35-2)27-28-18-12-25(38-5)23(36-3)10-16(18)17-11-24(37-4)26(39-6)13-19(17)30(28)32-20-14-40-31(33)29(20)27/h7-13,27,32H,14H2,1-6H3. The van der Waals surface area contributed by atoms with Gasteiger partial charge in [0.05, 0.1) is 59.6 Å². The largest absolute Gasteiger partial charge is 0.493 e. The predicted molar refractivity (Wildman–Crippen MR) is 151 cm³/mol. The summed E-state index contributed by atoms with van der Waals surface area (Å²) in [6, 6.07) is 13.5. The molecule has 1 N–H and O–H groups in total. The molecule has 0 amide bonds. The molecular weight excluding hydrogens is 514 g/mol. The van der Waals surface area contributed by atoms with Crippen molar-refractivity contribution < 1.29 is 38.0 Å². The summed E-state index contributed by atoms with van der Waals surface area (Å²) < 4.78 is 39.4. The van der Waals surface area contributed by atoms with Crippen molar-refractivity contribution in [2.24, 2.45) is 0 Å². The molecule has 0 aromatic heterocycles. The van der Waals surface area contributed by atoms with E-state index in [1.807, 2.05) is 42.5 Å². The lowest BCUT2D eigenvalue weighted by molar-refractivity contribution is -0.136. The molecule has 9 heteroatoms. The molecule has 2 aliphatic rings. The average Bonchev–Trinajstić information content (AvgIpc) is 3.38. The van der Waals surface area contributed by atoms with Gasteiger partial charge in [0.25, 0.3) is 0 Å². The number of ether oxygens (including phenoxy) is 7. The summed E-state index contributed by atoms with van der Waals surface area (Å²) in [6.45, 7) is 0.149. The van der Waals surface area contributed by atoms with Crippen molar-refractivity contribution in [3.63, 3.8) is 0 Å². The molecule has 1 atom stereocenters. The fourth-order valence-corrected chi connectivity index (χ4v) is 5.82. The SMILES string of the molecule is COc1ccc(C2C3=C(COC3=O)Nc3c2c2cc(OC)c(OC)cc2c2cc(OC)c(OC)cc32)cc1OC. The first-order valence-electron chi connectivity index (χ1n) is 12.6. The van der Waals surface area contributed by atoms with Crippen LogP contribution in [0.1, 0.15) is 17.0 Å². The third kappa shape index (κ3) is 3.65. The zero-order valence-electron chi connectivity index (χ0n) is 23.1. The molecule has 1 unspecified atom stereocenters. The van der Waals surface area contributed by atoms with Gasteiger partial charge in [0.2, 0.25) is 0 Å². The Bertz CT molecular complexity index is 1720. The number of methoxy groups -OCH3 is 6. The topological polar surface area (TPSA) is 93.7 Å². The normalized spacial score (nSPS) is 15.8. The number of carbonyl (C=O) groups excluding carboxylic acids is 1. The number of fused-ring (bicyclic) bond motifs is 6. The van der Waals surface area contributed by atoms with Crippen LogP contribution in [0.15, 0.2) is 53.7 Å². The number of rotatable bonds is 7. The average molecular weight is 544 g/mol. The quantitative estimate of drug-likeness (QED) is 0.242. The maximum Gasteiger partial charge on any atom is 0.337 e. The molecule has 2 heterocycles. The summed E-state index contributed by atoms with van der Waals surface area (Å²) in [7, 11) is 9.60. The van der Waals surface area contributed by atoms with Crippen LogP contribution in [0.2, 0.25) is 0 Å². The van der Waals surface area contributed by atoms with Gasteiger partial charge in [-0.05, 0) is 63.7 Å². The molecule has 0 saturated carbocycles. The van der Waals surface area contributed by atoms with E-state index in [-0.39, 0.29) is 12.6 Å². The number of hydrogen-bond donors (Lipinski definition) is 1. The Labute approximate surface area is 231 Å². The Morgan fingerprint density at radius 1 is 0.650 bits per heavy atom. The number of cyclic esters (lactones) is 1. The molecule has 0 saturated heterocycles. The molecule has 40 heavy (non-hydrogen) atoms. The second-order valence-electron chi connectivity index (χ2n) is 9.44. The highest BCUT2D eigenvalue weighted by molar-refractivity contribution is 6.19. The van der Waals surface area contributed by atoms with E-state index in [1.165, 1.54) is 0 Å². The Kier molecular flexibility index (Phi) is 6.21. The van der Waals surface area contributed by atoms with Crippen LogP contribution in [0.4, 0.5) is 5.69 Å². The van der Waals surface area contributed by atoms with E-state index in [0.717, 1.165) is 38.4 Å². The van der Waals surface area contributed by atoms with Gasteiger partial charge in [0.15, 0.2) is 34.5 Å². The van der Waals surface area contributed by atoms with Crippen molar-refractivity contribution in [2.45, 2.75) is 5.92 Å². The minimum Gasteiger partial charge on any atom is -0.493 e. The molecule has 9 nitrogen and oxygen atoms in total. The van der Waals surface area contributed by atoms with Crippen LogP contribution in [-0.2, 0) is 9.53 Å². The van der Waals surface area contributed by atoms with E-state index in [9.17, 15) is 4.79 Å². The lowest BCUT2D eigenvalue weighted by atomic mass is 9.77. The zero-order valence-corrected chi connectivity index (χ0v) is 23.1. The number of carbonyl (C=O) groups is 1. The first kappa shape index (κ1) is 25.5. The Morgan fingerprint density at radius 3 is 1.73 bits per heavy atom. The van der Waals surface area contributed by atoms with Crippen molar-refractivity contribution in [3.8, 4) is 34.5 Å². The molecule has 6 rings (SSSR count). The molecule has 4 aromatic rings. The molecule has 4 aromatic carbocycles. The second kappa shape index (κ2) is 9.75. The highest BCUT2D eigenvalue weighted by Gasteiger charge is 2.41. The summed E-state index contributed by atoms with van der Waals surface area (Å²) in [6.07, 6.45) is 0. The van der Waals surface area contributed by atoms with Crippen LogP contribution in [0.3, 0.4) is 0 Å². The molecule has 2 aliphatic heterocycles. The van der Waals surface area contributed by atoms with Gasteiger partial charge in [-0.25, -0.2) is 4.79 Å². The third-order valence-corrected chi connectivity index (χ3v) is 7.65. The van der Waals surface area contributed by atoms with Gasteiger partial charge < -0.3 is 38.5 Å². The van der Waals surface area contributed by atoms with Crippen LogP contribution in [0.5, 0.6) is 34.5 Å². The van der Waals surface area contributed by atoms with Crippen molar-refractivity contribution >= 4 is 33.2 Å². The first-order chi connectivity index (χ1) is 19.5. The highest BCUT2D eigenvalue weighted by atomic mass is 16.5. The Hall–Kier alpha value is -4.79. The number of hydrogen-bond acceptors (Lipinski definition) is 9. The van der Waals surface area contributed by atoms with E-state index in [2.05, 4.69) is 5.32 Å². The minimum atomic E-state index is -0.473. The molecule has 0 bridgehead atoms. The summed E-state index contributed by atoms with van der Waals surface area (Å²) >= 11 is 0. The van der Waals surface area contributed by atoms with Gasteiger partial charge in [-0.2, -0.15) is 0 Å². The lowest BCUT2D eigenvalue weighted by Crippen LogP contribution is -2.21. The van der Waals surface area contributed by atoms with E-state index >= 15 is 0 Å². The Balaban J connectivity index is 1.79. The van der Waals surface area contributed by atoms with Gasteiger partial charge in [0.1, 0.15) is 6.61 Å². The summed E-state index contributed by atoms with van der Waals surface area (Å²) in [5.74, 6) is 2.64. The molecular formula is C31H29NO8. The van der Waals surface area contributed by atoms with Crippen molar-refractivity contribution in [1.29, 1.82) is 0 Å². The maximum absolute atomic E-state index is 13.2. The van der Waals surface area contributed by atoms with E-state index in [0.29, 0.717) is 45.8 Å². The lowest BCUT2D eigenvalue weighted by Gasteiger charge is -2.31. The van der Waals surface area contributed by atoms with Crippen molar-refractivity contribution in [3.05, 3.63) is 64.9 Å². The van der Waals surface area contributed by atoms with Gasteiger partial charge in [0, 0.05) is 11.3 Å². The zero-order chi connectivity index (χ0) is 28.1. The summed E-state index contributed by atoms with van der Waals surface area (Å²) in [5.41, 5.74) is 3.85. The number of esters is 1. The van der Waals surface area contributed by atoms with Crippen LogP contribution in [0.25, 0.3) is 21.5 Å². The van der Waals surface area contributed by atoms with Crippen LogP contribution in [0, 0.1) is 0 Å². The van der Waals surface area contributed by atoms with Crippen LogP contribution >= 0.6 is 0 Å². The van der Waals surface area contributed by atoms with Gasteiger partial charge >= 0.3 is 5.97 Å². The van der Waals surface area contributed by atoms with Gasteiger partial charge in [-0.1, -0.05) is 6.07 Å². The second-order valence-corrected chi connectivity index (χ2v) is 9.44. The molecule has 0 radical (unpaired) electrons. The smallest absolute Gasteiger partial charge is 0.337 e. The van der Waals surface area contributed by atoms with Gasteiger partial charge in [-0.3, -0.25) is 0 Å². The predicted octanol–water partition coefficient (Wildman–Crippen LogP) is 5.41. The fraction of sp³-hybridized carbons (Fsp3) is 0.258. The summed E-state index contributed by atoms with van der Waals surface area (Å²) in [5, 5.41) is 7.13. The van der Waals surface area contributed by atoms with E-state index in [1.54, 1.807) is 42.7 Å². The number of anilines is 1. The maximum atomic E-state index is 13.2. The van der Waals surface area contributed by atoms with Crippen LogP contribution in [-0.4, -0.2) is 55.2 Å². The number of benzene rings is 4. The van der Waals surface area contributed by atoms with Crippen LogP contribution < -0.4 is 33.7 Å². The van der Waals surface area contributed by atoms with Crippen molar-refractivity contribution in [1.82, 2.24) is 0 Å². The van der Waals surface area contributed by atoms with Gasteiger partial charge in [-0.15, -0.1) is 0 Å². The van der Waals surface area contributed by atoms with Crippen molar-refractivity contribution in [2.75, 3.05) is 54.6 Å². The monoisotopic (exact) mass is 543 g/mol. The minimum absolute atomic E-state index is 0.149. The third-order valence-electron chi connectivity index (χ3n) is 7.65. The Morgan fingerprint density at radius 2 is 1.15 bits per heavy atom. The highest BCUT2D eigenvalue weighted by Crippen LogP contribution is 2.54. The first-order valence-corrected chi connectivity index (χ1v) is 12.6. The van der Waals surface area contributed by atoms with E-state index in [4.69, 9.17) is 33.2 Å². The number of nitrogens with one attached hydrogen (secondary N) is 1. The summed E-state index contributed by atoms with van der Waals surface area (Å²) in [4.78, 5) is 13.2. The van der Waals surface area contributed by atoms with E-state index < -0.39 is 5.92 Å².